The summed E-state index contributed by atoms with van der Waals surface area (Å²) in [6.45, 7) is 18.0. The zero-order valence-electron chi connectivity index (χ0n) is 31.3. The van der Waals surface area contributed by atoms with E-state index in [9.17, 15) is 0 Å². The second-order valence-electron chi connectivity index (χ2n) is 15.6. The van der Waals surface area contributed by atoms with E-state index >= 15 is 0 Å². The maximum absolute atomic E-state index is 2.82. The van der Waals surface area contributed by atoms with Gasteiger partial charge in [-0.1, -0.05) is 83.0 Å². The molecular weight excluding hydrogens is 605 g/mol. The normalized spacial score (nSPS) is 22.2. The molecule has 0 amide bonds. The molecule has 5 aliphatic carbocycles. The van der Waals surface area contributed by atoms with Crippen molar-refractivity contribution in [2.75, 3.05) is 4.90 Å². The number of nitrogens with zero attached hydrogens (tertiary/aromatic N) is 2. The first-order valence-corrected chi connectivity index (χ1v) is 18.8. The molecule has 0 aliphatic heterocycles. The van der Waals surface area contributed by atoms with Gasteiger partial charge in [0.15, 0.2) is 0 Å². The molecule has 8 rings (SSSR count). The highest BCUT2D eigenvalue weighted by atomic mass is 15.2. The van der Waals surface area contributed by atoms with E-state index in [0.717, 1.165) is 32.1 Å². The molecule has 254 valence electrons. The Morgan fingerprint density at radius 3 is 2.02 bits per heavy atom. The molecule has 3 unspecified atom stereocenters. The Balaban J connectivity index is 1.29. The largest absolute Gasteiger partial charge is 0.358 e. The van der Waals surface area contributed by atoms with Gasteiger partial charge in [-0.3, -0.25) is 0 Å². The van der Waals surface area contributed by atoms with Crippen LogP contribution < -0.4 is 4.90 Å². The van der Waals surface area contributed by atoms with Crippen LogP contribution in [0.1, 0.15) is 92.3 Å². The lowest BCUT2D eigenvalue weighted by atomic mass is 9.69. The van der Waals surface area contributed by atoms with Crippen molar-refractivity contribution >= 4 is 28.7 Å². The summed E-state index contributed by atoms with van der Waals surface area (Å²) in [5.74, 6) is 0.422. The Morgan fingerprint density at radius 2 is 1.36 bits per heavy atom. The molecule has 0 radical (unpaired) electrons. The maximum Gasteiger partial charge on any atom is 0.0540 e. The number of aryl methyl sites for hydroxylation is 5. The predicted molar refractivity (Wildman–Crippen MR) is 214 cm³/mol. The minimum atomic E-state index is 0.354. The van der Waals surface area contributed by atoms with Crippen LogP contribution in [0.2, 0.25) is 0 Å². The molecule has 0 saturated heterocycles. The lowest BCUT2D eigenvalue weighted by Crippen LogP contribution is -2.44. The molecule has 0 fully saturated rings. The van der Waals surface area contributed by atoms with Gasteiger partial charge in [-0.25, -0.2) is 0 Å². The van der Waals surface area contributed by atoms with Crippen LogP contribution >= 0.6 is 0 Å². The van der Waals surface area contributed by atoms with Crippen LogP contribution in [0, 0.1) is 33.6 Å². The zero-order chi connectivity index (χ0) is 34.8. The highest BCUT2D eigenvalue weighted by Crippen LogP contribution is 2.53. The van der Waals surface area contributed by atoms with E-state index in [-0.39, 0.29) is 0 Å². The standard InChI is InChI=1S/C48H52N2/c1-29-9-17-39(25-33(29)5)49(40-18-10-30(2)34(6)26-40)45-23-15-37-14-22-44-46(24-16-38-13-21-43(45)47(37)48(38)44)50(41-19-11-31(3)35(7)27-41)42-20-12-32(4)36(8)28-42/h9-13,15,17-19,21,23-26,28,38,41-42H,14,16,20,22,27H2,1-8H3. The molecule has 3 atom stereocenters. The fourth-order valence-corrected chi connectivity index (χ4v) is 8.92. The number of benzene rings is 3. The van der Waals surface area contributed by atoms with Crippen molar-refractivity contribution in [3.8, 4) is 0 Å². The molecule has 5 aliphatic rings. The molecule has 0 N–H and O–H groups in total. The zero-order valence-corrected chi connectivity index (χ0v) is 31.3. The van der Waals surface area contributed by atoms with Gasteiger partial charge in [0.05, 0.1) is 17.8 Å². The number of hydrogen-bond acceptors (Lipinski definition) is 2. The summed E-state index contributed by atoms with van der Waals surface area (Å²) in [6, 6.07) is 19.4. The third-order valence-electron chi connectivity index (χ3n) is 12.5. The Labute approximate surface area is 300 Å². The highest BCUT2D eigenvalue weighted by Gasteiger charge is 2.38. The smallest absolute Gasteiger partial charge is 0.0540 e. The van der Waals surface area contributed by atoms with Gasteiger partial charge in [-0.05, 0) is 162 Å². The third-order valence-corrected chi connectivity index (χ3v) is 12.5. The Morgan fingerprint density at radius 1 is 0.640 bits per heavy atom. The average Bonchev–Trinajstić information content (AvgIpc) is 3.11. The second kappa shape index (κ2) is 12.6. The van der Waals surface area contributed by atoms with Gasteiger partial charge in [0.2, 0.25) is 0 Å². The van der Waals surface area contributed by atoms with Gasteiger partial charge >= 0.3 is 0 Å². The van der Waals surface area contributed by atoms with Gasteiger partial charge in [-0.2, -0.15) is 0 Å². The highest BCUT2D eigenvalue weighted by molar-refractivity contribution is 5.95. The van der Waals surface area contributed by atoms with Crippen molar-refractivity contribution in [3.05, 3.63) is 157 Å². The molecule has 0 spiro atoms. The monoisotopic (exact) mass is 656 g/mol. The lowest BCUT2D eigenvalue weighted by Gasteiger charge is -2.46. The fraction of sp³-hybridized carbons (Fsp3) is 0.333. The molecule has 0 saturated carbocycles. The Kier molecular flexibility index (Phi) is 8.25. The van der Waals surface area contributed by atoms with Crippen LogP contribution in [-0.4, -0.2) is 17.0 Å². The van der Waals surface area contributed by atoms with E-state index in [2.05, 4.69) is 156 Å². The molecule has 0 aromatic heterocycles. The summed E-state index contributed by atoms with van der Waals surface area (Å²) in [5.41, 5.74) is 23.8. The van der Waals surface area contributed by atoms with Crippen molar-refractivity contribution in [2.24, 2.45) is 5.92 Å². The Bertz CT molecular complexity index is 2090. The minimum absolute atomic E-state index is 0.354. The molecule has 3 aromatic rings. The first-order valence-electron chi connectivity index (χ1n) is 18.8. The molecule has 0 bridgehead atoms. The van der Waals surface area contributed by atoms with Gasteiger partial charge in [0.25, 0.3) is 0 Å². The summed E-state index contributed by atoms with van der Waals surface area (Å²) in [4.78, 5) is 5.33. The quantitative estimate of drug-likeness (QED) is 0.260. The van der Waals surface area contributed by atoms with Crippen LogP contribution in [0.3, 0.4) is 0 Å². The molecule has 50 heavy (non-hydrogen) atoms. The van der Waals surface area contributed by atoms with Gasteiger partial charge < -0.3 is 9.80 Å². The minimum Gasteiger partial charge on any atom is -0.358 e. The molecule has 3 aromatic carbocycles. The van der Waals surface area contributed by atoms with E-state index in [1.807, 2.05) is 0 Å². The Hall–Kier alpha value is -4.56. The maximum atomic E-state index is 2.82. The fourth-order valence-electron chi connectivity index (χ4n) is 8.92. The third kappa shape index (κ3) is 5.48. The second-order valence-corrected chi connectivity index (χ2v) is 15.6. The number of hydrogen-bond donors (Lipinski definition) is 0. The van der Waals surface area contributed by atoms with Crippen molar-refractivity contribution in [1.82, 2.24) is 4.90 Å². The predicted octanol–water partition coefficient (Wildman–Crippen LogP) is 12.7. The summed E-state index contributed by atoms with van der Waals surface area (Å²) in [6.07, 6.45) is 22.8. The van der Waals surface area contributed by atoms with E-state index in [1.165, 1.54) is 84.0 Å². The summed E-state index contributed by atoms with van der Waals surface area (Å²) >= 11 is 0. The average molecular weight is 657 g/mol. The van der Waals surface area contributed by atoms with Crippen LogP contribution in [0.25, 0.3) is 11.6 Å². The van der Waals surface area contributed by atoms with Crippen molar-refractivity contribution in [3.63, 3.8) is 0 Å². The van der Waals surface area contributed by atoms with E-state index in [0.29, 0.717) is 18.0 Å². The van der Waals surface area contributed by atoms with E-state index < -0.39 is 0 Å². The summed E-state index contributed by atoms with van der Waals surface area (Å²) in [7, 11) is 0. The summed E-state index contributed by atoms with van der Waals surface area (Å²) in [5, 5.41) is 0. The number of rotatable bonds is 6. The van der Waals surface area contributed by atoms with Gasteiger partial charge in [0, 0.05) is 28.6 Å². The first-order chi connectivity index (χ1) is 24.1. The van der Waals surface area contributed by atoms with Gasteiger partial charge in [-0.15, -0.1) is 0 Å². The summed E-state index contributed by atoms with van der Waals surface area (Å²) < 4.78 is 0. The lowest BCUT2D eigenvalue weighted by molar-refractivity contribution is 0.242. The van der Waals surface area contributed by atoms with Crippen LogP contribution in [0.15, 0.2) is 119 Å². The van der Waals surface area contributed by atoms with E-state index in [1.54, 1.807) is 11.1 Å². The molecule has 2 heteroatoms. The van der Waals surface area contributed by atoms with Crippen molar-refractivity contribution in [1.29, 1.82) is 0 Å². The van der Waals surface area contributed by atoms with Crippen molar-refractivity contribution < 1.29 is 0 Å². The molecule has 0 heterocycles. The molecular formula is C48H52N2. The van der Waals surface area contributed by atoms with Gasteiger partial charge in [0.1, 0.15) is 0 Å². The SMILES string of the molecule is CC1=CCC(N(C2=CCC3C=Cc4c(N(c5ccc(C)c(C)c5)c5ccc(C)c(C)c5)ccc5c4C3=C2CC5)C2C=CC(C)=C(C)C2)C=C1C. The van der Waals surface area contributed by atoms with Crippen molar-refractivity contribution in [2.45, 2.75) is 99.6 Å². The molecule has 2 nitrogen and oxygen atoms in total. The van der Waals surface area contributed by atoms with E-state index in [4.69, 9.17) is 0 Å². The van der Waals surface area contributed by atoms with Crippen LogP contribution in [0.5, 0.6) is 0 Å². The first kappa shape index (κ1) is 32.6. The number of anilines is 3. The van der Waals surface area contributed by atoms with Crippen LogP contribution in [-0.2, 0) is 6.42 Å². The van der Waals surface area contributed by atoms with Crippen LogP contribution in [0.4, 0.5) is 17.1 Å². The number of allylic oxidation sites excluding steroid dienone is 8. The topological polar surface area (TPSA) is 6.48 Å².